The molecule has 4 N–H and O–H groups in total. The number of nitrogens with zero attached hydrogens (tertiary/aromatic N) is 2. The zero-order valence-electron chi connectivity index (χ0n) is 20.0. The van der Waals surface area contributed by atoms with E-state index in [4.69, 9.17) is 59.2 Å². The maximum Gasteiger partial charge on any atom is 0.470 e. The first-order chi connectivity index (χ1) is 17.9. The number of halogens is 3. The van der Waals surface area contributed by atoms with Crippen LogP contribution in [0.15, 0.2) is 29.2 Å². The zero-order chi connectivity index (χ0) is 28.2. The Balaban J connectivity index is 2.06. The molecule has 2 heterocycles. The van der Waals surface area contributed by atoms with Gasteiger partial charge in [-0.15, -0.1) is 0 Å². The first kappa shape index (κ1) is 30.1. The van der Waals surface area contributed by atoms with Crippen molar-refractivity contribution in [1.29, 1.82) is 0 Å². The number of phosphoric acid groups is 1. The van der Waals surface area contributed by atoms with Crippen molar-refractivity contribution in [1.82, 2.24) is 14.9 Å². The molecule has 0 saturated carbocycles. The maximum atomic E-state index is 13.0. The van der Waals surface area contributed by atoms with Gasteiger partial charge in [-0.25, -0.2) is 9.55 Å². The average Bonchev–Trinajstić information content (AvgIpc) is 2.83. The Morgan fingerprint density at radius 2 is 1.82 bits per heavy atom. The summed E-state index contributed by atoms with van der Waals surface area (Å²) < 4.78 is 28.3. The molecule has 0 spiro atoms. The van der Waals surface area contributed by atoms with Gasteiger partial charge in [-0.2, -0.15) is 0 Å². The van der Waals surface area contributed by atoms with Gasteiger partial charge in [0.1, 0.15) is 24.3 Å². The predicted octanol–water partition coefficient (Wildman–Crippen LogP) is 2.69. The number of ether oxygens (including phenoxy) is 2. The van der Waals surface area contributed by atoms with Crippen molar-refractivity contribution in [3.05, 3.63) is 60.9 Å². The molecule has 0 radical (unpaired) electrons. The molecule has 1 aromatic carbocycles. The van der Waals surface area contributed by atoms with E-state index in [1.54, 1.807) is 11.5 Å². The fourth-order valence-corrected chi connectivity index (χ4v) is 4.87. The van der Waals surface area contributed by atoms with E-state index in [9.17, 15) is 14.2 Å². The van der Waals surface area contributed by atoms with Gasteiger partial charge in [-0.05, 0) is 19.1 Å². The van der Waals surface area contributed by atoms with Crippen LogP contribution >= 0.6 is 42.6 Å². The quantitative estimate of drug-likeness (QED) is 0.237. The van der Waals surface area contributed by atoms with Crippen LogP contribution in [-0.2, 0) is 20.4 Å². The summed E-state index contributed by atoms with van der Waals surface area (Å²) in [5.74, 6) is -0.743. The highest BCUT2D eigenvalue weighted by atomic mass is 35.5. The van der Waals surface area contributed by atoms with Gasteiger partial charge in [0.2, 0.25) is 5.88 Å². The molecule has 0 fully saturated rings. The lowest BCUT2D eigenvalue weighted by Crippen LogP contribution is -2.38. The second-order valence-corrected chi connectivity index (χ2v) is 10.2. The van der Waals surface area contributed by atoms with Gasteiger partial charge in [0, 0.05) is 24.4 Å². The minimum atomic E-state index is -5.04. The Morgan fingerprint density at radius 3 is 2.39 bits per heavy atom. The molecule has 3 rings (SSSR count). The van der Waals surface area contributed by atoms with E-state index >= 15 is 0 Å². The zero-order valence-corrected chi connectivity index (χ0v) is 23.1. The molecule has 1 atom stereocenters. The van der Waals surface area contributed by atoms with E-state index < -0.39 is 31.9 Å². The SMILES string of the molecule is CNC(=O)[C@H](COc1ncc(Cl)c2c1c(=O)cc(C)n2Cc1c(Cl)cc(OCCO)cc1Cl)OP(=O)(O)O. The van der Waals surface area contributed by atoms with Crippen molar-refractivity contribution in [2.75, 3.05) is 26.9 Å². The Labute approximate surface area is 231 Å². The van der Waals surface area contributed by atoms with Crippen LogP contribution in [0, 0.1) is 6.92 Å². The molecule has 38 heavy (non-hydrogen) atoms. The third-order valence-electron chi connectivity index (χ3n) is 5.22. The number of phosphoric ester groups is 1. The summed E-state index contributed by atoms with van der Waals surface area (Å²) in [5, 5.41) is 11.8. The van der Waals surface area contributed by atoms with Crippen LogP contribution < -0.4 is 20.2 Å². The summed E-state index contributed by atoms with van der Waals surface area (Å²) in [5.41, 5.74) is 0.711. The molecule has 12 nitrogen and oxygen atoms in total. The van der Waals surface area contributed by atoms with E-state index in [-0.39, 0.29) is 51.6 Å². The average molecular weight is 611 g/mol. The van der Waals surface area contributed by atoms with Crippen molar-refractivity contribution in [3.63, 3.8) is 0 Å². The number of amides is 1. The van der Waals surface area contributed by atoms with Crippen molar-refractivity contribution in [2.45, 2.75) is 19.6 Å². The second kappa shape index (κ2) is 12.6. The minimum Gasteiger partial charge on any atom is -0.491 e. The number of aryl methyl sites for hydroxylation is 1. The number of carbonyl (C=O) groups excluding carboxylic acids is 1. The number of hydrogen-bond acceptors (Lipinski definition) is 8. The van der Waals surface area contributed by atoms with Gasteiger partial charge in [-0.3, -0.25) is 14.1 Å². The molecule has 16 heteroatoms. The lowest BCUT2D eigenvalue weighted by Gasteiger charge is -2.20. The number of benzene rings is 1. The molecule has 0 aliphatic heterocycles. The van der Waals surface area contributed by atoms with Crippen LogP contribution in [0.25, 0.3) is 10.9 Å². The number of aliphatic hydroxyl groups is 1. The summed E-state index contributed by atoms with van der Waals surface area (Å²) >= 11 is 19.4. The molecule has 0 aliphatic carbocycles. The minimum absolute atomic E-state index is 0.0509. The number of pyridine rings is 2. The Hall–Kier alpha value is -2.41. The third-order valence-corrected chi connectivity index (χ3v) is 6.70. The molecule has 206 valence electrons. The standard InChI is InChI=1S/C22H23Cl3N3O9P/c1-11-5-17(30)19-20(28(11)9-13-14(23)6-12(7-15(13)24)35-4-3-29)16(25)8-27-22(19)36-10-18(21(31)26-2)37-38(32,33)34/h5-8,18,29H,3-4,9-10H2,1-2H3,(H,26,31)(H2,32,33,34)/t18-/m0/s1. The van der Waals surface area contributed by atoms with Crippen LogP contribution in [0.2, 0.25) is 15.1 Å². The smallest absolute Gasteiger partial charge is 0.470 e. The van der Waals surface area contributed by atoms with Gasteiger partial charge in [0.15, 0.2) is 11.5 Å². The van der Waals surface area contributed by atoms with Gasteiger partial charge in [0.05, 0.1) is 39.9 Å². The molecule has 0 aliphatic rings. The molecule has 0 bridgehead atoms. The molecule has 0 unspecified atom stereocenters. The molecular weight excluding hydrogens is 588 g/mol. The van der Waals surface area contributed by atoms with Crippen molar-refractivity contribution in [3.8, 4) is 11.6 Å². The number of likely N-dealkylation sites (N-methyl/N-ethyl adjacent to an activating group) is 1. The normalized spacial score (nSPS) is 12.4. The van der Waals surface area contributed by atoms with Crippen molar-refractivity contribution < 1.29 is 38.3 Å². The first-order valence-corrected chi connectivity index (χ1v) is 13.5. The fraction of sp³-hybridized carbons (Fsp3) is 0.318. The summed E-state index contributed by atoms with van der Waals surface area (Å²) in [6.45, 7) is 0.946. The second-order valence-electron chi connectivity index (χ2n) is 7.82. The van der Waals surface area contributed by atoms with E-state index in [0.717, 1.165) is 0 Å². The number of nitrogens with one attached hydrogen (secondary N) is 1. The van der Waals surface area contributed by atoms with E-state index in [1.165, 1.54) is 31.4 Å². The molecule has 1 amide bonds. The van der Waals surface area contributed by atoms with Crippen LogP contribution in [0.3, 0.4) is 0 Å². The summed E-state index contributed by atoms with van der Waals surface area (Å²) in [7, 11) is -3.80. The first-order valence-electron chi connectivity index (χ1n) is 10.8. The lowest BCUT2D eigenvalue weighted by molar-refractivity contribution is -0.129. The molecule has 0 saturated heterocycles. The number of carbonyl (C=O) groups is 1. The lowest BCUT2D eigenvalue weighted by atomic mass is 10.1. The number of fused-ring (bicyclic) bond motifs is 1. The van der Waals surface area contributed by atoms with Crippen molar-refractivity contribution in [2.24, 2.45) is 0 Å². The number of rotatable bonds is 11. The molecule has 3 aromatic rings. The molecule has 2 aromatic heterocycles. The van der Waals surface area contributed by atoms with E-state index in [0.29, 0.717) is 17.0 Å². The van der Waals surface area contributed by atoms with E-state index in [1.807, 2.05) is 0 Å². The monoisotopic (exact) mass is 609 g/mol. The Kier molecular flexibility index (Phi) is 10.0. The predicted molar refractivity (Wildman–Crippen MR) is 140 cm³/mol. The molecular formula is C22H23Cl3N3O9P. The number of aliphatic hydroxyl groups excluding tert-OH is 1. The largest absolute Gasteiger partial charge is 0.491 e. The Morgan fingerprint density at radius 1 is 1.16 bits per heavy atom. The number of hydrogen-bond donors (Lipinski definition) is 4. The maximum absolute atomic E-state index is 13.0. The van der Waals surface area contributed by atoms with Crippen LogP contribution in [0.4, 0.5) is 0 Å². The highest BCUT2D eigenvalue weighted by Gasteiger charge is 2.29. The Bertz CT molecular complexity index is 1440. The number of aromatic nitrogens is 2. The van der Waals surface area contributed by atoms with Gasteiger partial charge < -0.3 is 34.3 Å². The summed E-state index contributed by atoms with van der Waals surface area (Å²) in [4.78, 5) is 47.3. The van der Waals surface area contributed by atoms with Crippen LogP contribution in [-0.4, -0.2) is 63.3 Å². The summed E-state index contributed by atoms with van der Waals surface area (Å²) in [6, 6.07) is 4.39. The topological polar surface area (TPSA) is 169 Å². The van der Waals surface area contributed by atoms with Crippen molar-refractivity contribution >= 4 is 59.4 Å². The van der Waals surface area contributed by atoms with E-state index in [2.05, 4.69) is 14.8 Å². The fourth-order valence-electron chi connectivity index (χ4n) is 3.55. The third kappa shape index (κ3) is 7.16. The summed E-state index contributed by atoms with van der Waals surface area (Å²) in [6.07, 6.45) is -0.479. The highest BCUT2D eigenvalue weighted by Crippen LogP contribution is 2.38. The van der Waals surface area contributed by atoms with Gasteiger partial charge in [-0.1, -0.05) is 34.8 Å². The van der Waals surface area contributed by atoms with Crippen LogP contribution in [0.5, 0.6) is 11.6 Å². The van der Waals surface area contributed by atoms with Crippen LogP contribution in [0.1, 0.15) is 11.3 Å². The van der Waals surface area contributed by atoms with Gasteiger partial charge in [0.25, 0.3) is 5.91 Å². The highest BCUT2D eigenvalue weighted by molar-refractivity contribution is 7.46. The van der Waals surface area contributed by atoms with Gasteiger partial charge >= 0.3 is 7.82 Å².